The maximum absolute atomic E-state index is 12.3. The highest BCUT2D eigenvalue weighted by Crippen LogP contribution is 2.20. The van der Waals surface area contributed by atoms with Gasteiger partial charge in [0.25, 0.3) is 0 Å². The highest BCUT2D eigenvalue weighted by molar-refractivity contribution is 5.83. The Morgan fingerprint density at radius 3 is 2.89 bits per heavy atom. The average molecular weight is 252 g/mol. The molecule has 0 bridgehead atoms. The number of aryl methyl sites for hydroxylation is 1. The van der Waals surface area contributed by atoms with Gasteiger partial charge in [0.1, 0.15) is 6.04 Å². The summed E-state index contributed by atoms with van der Waals surface area (Å²) in [6.45, 7) is 5.67. The fourth-order valence-electron chi connectivity index (χ4n) is 2.14. The summed E-state index contributed by atoms with van der Waals surface area (Å²) in [5.41, 5.74) is 6.43. The first-order chi connectivity index (χ1) is 8.39. The van der Waals surface area contributed by atoms with Gasteiger partial charge in [-0.2, -0.15) is 5.10 Å². The Morgan fingerprint density at radius 1 is 1.61 bits per heavy atom. The minimum Gasteiger partial charge on any atom is -0.372 e. The molecule has 2 rings (SSSR count). The molecule has 0 aromatic carbocycles. The summed E-state index contributed by atoms with van der Waals surface area (Å²) in [5, 5.41) is 4.04. The van der Waals surface area contributed by atoms with Crippen molar-refractivity contribution in [1.82, 2.24) is 14.7 Å². The molecule has 1 amide bonds. The van der Waals surface area contributed by atoms with Crippen LogP contribution in [0.15, 0.2) is 12.4 Å². The highest BCUT2D eigenvalue weighted by Gasteiger charge is 2.32. The second-order valence-corrected chi connectivity index (χ2v) is 5.29. The van der Waals surface area contributed by atoms with E-state index in [-0.39, 0.29) is 11.5 Å². The van der Waals surface area contributed by atoms with Gasteiger partial charge in [0.05, 0.1) is 18.4 Å². The van der Waals surface area contributed by atoms with Gasteiger partial charge in [-0.05, 0) is 13.8 Å². The van der Waals surface area contributed by atoms with Crippen LogP contribution in [0.1, 0.15) is 25.5 Å². The number of hydrogen-bond donors (Lipinski definition) is 1. The Kier molecular flexibility index (Phi) is 3.41. The minimum absolute atomic E-state index is 0.0700. The molecule has 1 atom stereocenters. The van der Waals surface area contributed by atoms with Crippen LogP contribution in [0.25, 0.3) is 0 Å². The topological polar surface area (TPSA) is 73.4 Å². The molecular weight excluding hydrogens is 232 g/mol. The Morgan fingerprint density at radius 2 is 2.33 bits per heavy atom. The molecule has 1 aliphatic rings. The van der Waals surface area contributed by atoms with Crippen LogP contribution < -0.4 is 5.73 Å². The van der Waals surface area contributed by atoms with Crippen LogP contribution in [-0.4, -0.2) is 45.9 Å². The Labute approximate surface area is 107 Å². The van der Waals surface area contributed by atoms with Crippen LogP contribution in [0.5, 0.6) is 0 Å². The molecule has 1 unspecified atom stereocenters. The van der Waals surface area contributed by atoms with Crippen LogP contribution in [0.2, 0.25) is 0 Å². The van der Waals surface area contributed by atoms with E-state index in [0.29, 0.717) is 19.7 Å². The first-order valence-corrected chi connectivity index (χ1v) is 6.06. The molecule has 0 radical (unpaired) electrons. The molecule has 1 aliphatic heterocycles. The summed E-state index contributed by atoms with van der Waals surface area (Å²) >= 11 is 0. The van der Waals surface area contributed by atoms with Crippen molar-refractivity contribution in [2.45, 2.75) is 25.5 Å². The molecule has 1 saturated heterocycles. The largest absolute Gasteiger partial charge is 0.372 e. The molecule has 1 aromatic rings. The van der Waals surface area contributed by atoms with E-state index in [1.807, 2.05) is 13.8 Å². The van der Waals surface area contributed by atoms with Gasteiger partial charge in [0, 0.05) is 31.9 Å². The SMILES string of the molecule is Cn1cc(C(N)C(=O)N2CCOC(C)(C)C2)cn1. The van der Waals surface area contributed by atoms with Gasteiger partial charge in [-0.25, -0.2) is 0 Å². The quantitative estimate of drug-likeness (QED) is 0.807. The zero-order chi connectivity index (χ0) is 13.3. The Hall–Kier alpha value is -1.40. The van der Waals surface area contributed by atoms with Crippen molar-refractivity contribution in [1.29, 1.82) is 0 Å². The van der Waals surface area contributed by atoms with E-state index in [2.05, 4.69) is 5.10 Å². The van der Waals surface area contributed by atoms with Crippen molar-refractivity contribution in [2.24, 2.45) is 12.8 Å². The smallest absolute Gasteiger partial charge is 0.244 e. The number of ether oxygens (including phenoxy) is 1. The number of carbonyl (C=O) groups is 1. The van der Waals surface area contributed by atoms with Crippen LogP contribution in [0.4, 0.5) is 0 Å². The van der Waals surface area contributed by atoms with E-state index >= 15 is 0 Å². The predicted octanol–water partition coefficient (Wildman–Crippen LogP) is 0.0573. The number of hydrogen-bond acceptors (Lipinski definition) is 4. The van der Waals surface area contributed by atoms with Crippen LogP contribution in [-0.2, 0) is 16.6 Å². The summed E-state index contributed by atoms with van der Waals surface area (Å²) < 4.78 is 7.23. The lowest BCUT2D eigenvalue weighted by molar-refractivity contribution is -0.147. The van der Waals surface area contributed by atoms with Crippen molar-refractivity contribution in [2.75, 3.05) is 19.7 Å². The average Bonchev–Trinajstić information content (AvgIpc) is 2.72. The number of carbonyl (C=O) groups excluding carboxylic acids is 1. The van der Waals surface area contributed by atoms with Gasteiger partial charge >= 0.3 is 0 Å². The Bertz CT molecular complexity index is 441. The van der Waals surface area contributed by atoms with Crippen LogP contribution in [0.3, 0.4) is 0 Å². The molecule has 1 fully saturated rings. The number of aromatic nitrogens is 2. The summed E-state index contributed by atoms with van der Waals surface area (Å²) in [4.78, 5) is 14.1. The van der Waals surface area contributed by atoms with E-state index in [0.717, 1.165) is 5.56 Å². The van der Waals surface area contributed by atoms with Crippen LogP contribution >= 0.6 is 0 Å². The molecule has 0 aliphatic carbocycles. The van der Waals surface area contributed by atoms with Gasteiger partial charge in [-0.3, -0.25) is 9.48 Å². The van der Waals surface area contributed by atoms with Gasteiger partial charge < -0.3 is 15.4 Å². The molecule has 6 heteroatoms. The van der Waals surface area contributed by atoms with Gasteiger partial charge in [-0.15, -0.1) is 0 Å². The molecule has 2 heterocycles. The summed E-state index contributed by atoms with van der Waals surface area (Å²) in [7, 11) is 1.80. The third-order valence-corrected chi connectivity index (χ3v) is 3.09. The zero-order valence-corrected chi connectivity index (χ0v) is 11.1. The lowest BCUT2D eigenvalue weighted by atomic mass is 10.1. The summed E-state index contributed by atoms with van der Waals surface area (Å²) in [5.74, 6) is -0.0700. The fraction of sp³-hybridized carbons (Fsp3) is 0.667. The monoisotopic (exact) mass is 252 g/mol. The molecule has 100 valence electrons. The van der Waals surface area contributed by atoms with E-state index < -0.39 is 6.04 Å². The number of rotatable bonds is 2. The second-order valence-electron chi connectivity index (χ2n) is 5.29. The van der Waals surface area contributed by atoms with E-state index in [4.69, 9.17) is 10.5 Å². The summed E-state index contributed by atoms with van der Waals surface area (Å²) in [6, 6.07) is -0.646. The third kappa shape index (κ3) is 2.70. The molecular formula is C12H20N4O2. The predicted molar refractivity (Wildman–Crippen MR) is 66.7 cm³/mol. The molecule has 2 N–H and O–H groups in total. The van der Waals surface area contributed by atoms with Crippen molar-refractivity contribution in [3.8, 4) is 0 Å². The molecule has 18 heavy (non-hydrogen) atoms. The van der Waals surface area contributed by atoms with E-state index in [9.17, 15) is 4.79 Å². The zero-order valence-electron chi connectivity index (χ0n) is 11.1. The van der Waals surface area contributed by atoms with Crippen molar-refractivity contribution >= 4 is 5.91 Å². The molecule has 6 nitrogen and oxygen atoms in total. The third-order valence-electron chi connectivity index (χ3n) is 3.09. The maximum Gasteiger partial charge on any atom is 0.244 e. The normalized spacial score (nSPS) is 20.8. The molecule has 0 spiro atoms. The van der Waals surface area contributed by atoms with Gasteiger partial charge in [0.15, 0.2) is 0 Å². The number of nitrogens with zero attached hydrogens (tertiary/aromatic N) is 3. The minimum atomic E-state index is -0.646. The van der Waals surface area contributed by atoms with E-state index in [1.54, 1.807) is 29.0 Å². The number of morpholine rings is 1. The van der Waals surface area contributed by atoms with E-state index in [1.165, 1.54) is 0 Å². The summed E-state index contributed by atoms with van der Waals surface area (Å²) in [6.07, 6.45) is 3.41. The van der Waals surface area contributed by atoms with Gasteiger partial charge in [-0.1, -0.05) is 0 Å². The maximum atomic E-state index is 12.3. The lowest BCUT2D eigenvalue weighted by Crippen LogP contribution is -2.52. The van der Waals surface area contributed by atoms with Gasteiger partial charge in [0.2, 0.25) is 5.91 Å². The highest BCUT2D eigenvalue weighted by atomic mass is 16.5. The molecule has 0 saturated carbocycles. The lowest BCUT2D eigenvalue weighted by Gasteiger charge is -2.39. The fourth-order valence-corrected chi connectivity index (χ4v) is 2.14. The number of amides is 1. The second kappa shape index (κ2) is 4.70. The Balaban J connectivity index is 2.07. The first-order valence-electron chi connectivity index (χ1n) is 6.06. The molecule has 1 aromatic heterocycles. The standard InChI is InChI=1S/C12H20N4O2/c1-12(2)8-16(4-5-18-12)11(17)10(13)9-6-14-15(3)7-9/h6-7,10H,4-5,8,13H2,1-3H3. The first kappa shape index (κ1) is 13.0. The number of nitrogens with two attached hydrogens (primary N) is 1. The van der Waals surface area contributed by atoms with Crippen molar-refractivity contribution < 1.29 is 9.53 Å². The van der Waals surface area contributed by atoms with Crippen LogP contribution in [0, 0.1) is 0 Å². The van der Waals surface area contributed by atoms with Crippen molar-refractivity contribution in [3.63, 3.8) is 0 Å². The van der Waals surface area contributed by atoms with Crippen molar-refractivity contribution in [3.05, 3.63) is 18.0 Å².